The Morgan fingerprint density at radius 3 is 2.70 bits per heavy atom. The van der Waals surface area contributed by atoms with E-state index >= 15 is 0 Å². The predicted octanol–water partition coefficient (Wildman–Crippen LogP) is 2.27. The third-order valence-corrected chi connectivity index (χ3v) is 5.76. The second kappa shape index (κ2) is 4.36. The van der Waals surface area contributed by atoms with Gasteiger partial charge in [-0.15, -0.1) is 0 Å². The van der Waals surface area contributed by atoms with Gasteiger partial charge in [0.25, 0.3) is 0 Å². The van der Waals surface area contributed by atoms with Gasteiger partial charge in [0.05, 0.1) is 5.69 Å². The molecule has 1 fully saturated rings. The summed E-state index contributed by atoms with van der Waals surface area (Å²) >= 11 is -1.33. The molecule has 1 aliphatic heterocycles. The topological polar surface area (TPSA) is 69.4 Å². The van der Waals surface area contributed by atoms with Crippen molar-refractivity contribution in [2.75, 3.05) is 11.4 Å². The largest absolute Gasteiger partial charge is 0.611 e. The zero-order chi connectivity index (χ0) is 14.7. The Labute approximate surface area is 120 Å². The van der Waals surface area contributed by atoms with Gasteiger partial charge in [-0.25, -0.2) is 9.18 Å². The van der Waals surface area contributed by atoms with Gasteiger partial charge in [0.2, 0.25) is 0 Å². The number of benzene rings is 1. The molecule has 3 rings (SSSR count). The summed E-state index contributed by atoms with van der Waals surface area (Å²) in [4.78, 5) is 13.2. The van der Waals surface area contributed by atoms with E-state index in [1.165, 1.54) is 11.0 Å². The van der Waals surface area contributed by atoms with Crippen LogP contribution in [0.2, 0.25) is 0 Å². The molecule has 1 aromatic carbocycles. The summed E-state index contributed by atoms with van der Waals surface area (Å²) in [7, 11) is 0. The summed E-state index contributed by atoms with van der Waals surface area (Å²) in [5, 5.41) is 0.0546. The molecular formula is C14H17FN2O2S. The van der Waals surface area contributed by atoms with E-state index in [9.17, 15) is 13.7 Å². The van der Waals surface area contributed by atoms with E-state index in [2.05, 4.69) is 0 Å². The number of amides is 2. The first-order chi connectivity index (χ1) is 9.31. The van der Waals surface area contributed by atoms with Crippen LogP contribution in [-0.2, 0) is 16.6 Å². The lowest BCUT2D eigenvalue weighted by Gasteiger charge is -2.18. The summed E-state index contributed by atoms with van der Waals surface area (Å²) in [5.41, 5.74) is 6.36. The van der Waals surface area contributed by atoms with E-state index in [4.69, 9.17) is 5.73 Å². The van der Waals surface area contributed by atoms with Crippen molar-refractivity contribution >= 4 is 22.9 Å². The lowest BCUT2D eigenvalue weighted by Crippen LogP contribution is -2.37. The molecule has 1 atom stereocenters. The van der Waals surface area contributed by atoms with Crippen LogP contribution in [0.15, 0.2) is 17.0 Å². The highest BCUT2D eigenvalue weighted by atomic mass is 32.2. The van der Waals surface area contributed by atoms with E-state index < -0.39 is 23.0 Å². The molecule has 6 heteroatoms. The van der Waals surface area contributed by atoms with Gasteiger partial charge in [0.15, 0.2) is 10.7 Å². The Bertz CT molecular complexity index is 587. The average molecular weight is 296 g/mol. The number of fused-ring (bicyclic) bond motifs is 1. The third kappa shape index (κ3) is 2.07. The molecule has 0 radical (unpaired) electrons. The van der Waals surface area contributed by atoms with Crippen LogP contribution in [-0.4, -0.2) is 22.4 Å². The van der Waals surface area contributed by atoms with Crippen molar-refractivity contribution in [1.29, 1.82) is 0 Å². The summed E-state index contributed by atoms with van der Waals surface area (Å²) in [5.74, 6) is -0.451. The van der Waals surface area contributed by atoms with Gasteiger partial charge in [-0.3, -0.25) is 4.90 Å². The van der Waals surface area contributed by atoms with Crippen LogP contribution in [0.4, 0.5) is 14.9 Å². The van der Waals surface area contributed by atoms with Gasteiger partial charge in [-0.2, -0.15) is 0 Å². The van der Waals surface area contributed by atoms with Crippen LogP contribution >= 0.6 is 0 Å². The van der Waals surface area contributed by atoms with Crippen molar-refractivity contribution in [1.82, 2.24) is 0 Å². The van der Waals surface area contributed by atoms with E-state index in [0.717, 1.165) is 18.4 Å². The molecule has 1 aliphatic carbocycles. The average Bonchev–Trinajstić information content (AvgIpc) is 3.15. The molecule has 2 aliphatic rings. The molecule has 0 bridgehead atoms. The first kappa shape index (κ1) is 13.7. The van der Waals surface area contributed by atoms with Crippen molar-refractivity contribution in [3.05, 3.63) is 23.5 Å². The fourth-order valence-electron chi connectivity index (χ4n) is 2.69. The first-order valence-corrected chi connectivity index (χ1v) is 7.84. The number of halogens is 1. The van der Waals surface area contributed by atoms with Crippen molar-refractivity contribution in [2.24, 2.45) is 5.73 Å². The van der Waals surface area contributed by atoms with Gasteiger partial charge in [-0.05, 0) is 22.8 Å². The zero-order valence-corrected chi connectivity index (χ0v) is 12.3. The van der Waals surface area contributed by atoms with Crippen LogP contribution in [0.5, 0.6) is 0 Å². The molecule has 1 heterocycles. The number of hydrogen-bond donors (Lipinski definition) is 1. The molecule has 1 unspecified atom stereocenters. The number of carbonyl (C=O) groups excluding carboxylic acids is 1. The SMILES string of the molecule is CC1(C)CN(C(N)=O)c2cc([S+]([O-])C3CC3)c(F)cc21. The van der Waals surface area contributed by atoms with Crippen LogP contribution in [0, 0.1) is 5.82 Å². The standard InChI is InChI=1S/C14H17FN2O2S/c1-14(2)7-17(13(16)18)11-6-12(10(15)5-9(11)14)20(19)8-3-4-8/h5-6,8H,3-4,7H2,1-2H3,(H2,16,18). The quantitative estimate of drug-likeness (QED) is 0.851. The van der Waals surface area contributed by atoms with Gasteiger partial charge in [0, 0.05) is 30.9 Å². The Morgan fingerprint density at radius 2 is 2.15 bits per heavy atom. The Kier molecular flexibility index (Phi) is 2.99. The number of anilines is 1. The van der Waals surface area contributed by atoms with Crippen molar-refractivity contribution in [3.8, 4) is 0 Å². The zero-order valence-electron chi connectivity index (χ0n) is 11.5. The minimum Gasteiger partial charge on any atom is -0.611 e. The lowest BCUT2D eigenvalue weighted by molar-refractivity contribution is 0.253. The fourth-order valence-corrected chi connectivity index (χ4v) is 4.09. The number of nitrogens with zero attached hydrogens (tertiary/aromatic N) is 1. The number of carbonyl (C=O) groups is 1. The van der Waals surface area contributed by atoms with E-state index in [0.29, 0.717) is 12.2 Å². The summed E-state index contributed by atoms with van der Waals surface area (Å²) in [6.45, 7) is 4.29. The number of nitrogens with two attached hydrogens (primary N) is 1. The highest BCUT2D eigenvalue weighted by Gasteiger charge is 2.42. The van der Waals surface area contributed by atoms with E-state index in [1.54, 1.807) is 6.07 Å². The molecule has 2 amide bonds. The molecule has 1 aromatic rings. The smallest absolute Gasteiger partial charge is 0.319 e. The maximum absolute atomic E-state index is 14.2. The first-order valence-electron chi connectivity index (χ1n) is 6.63. The molecule has 108 valence electrons. The summed E-state index contributed by atoms with van der Waals surface area (Å²) in [6, 6.07) is 2.39. The normalized spacial score (nSPS) is 21.7. The lowest BCUT2D eigenvalue weighted by atomic mass is 9.87. The highest BCUT2D eigenvalue weighted by molar-refractivity contribution is 7.92. The number of primary amides is 1. The second-order valence-electron chi connectivity index (χ2n) is 6.10. The van der Waals surface area contributed by atoms with Crippen molar-refractivity contribution in [2.45, 2.75) is 42.2 Å². The maximum atomic E-state index is 14.2. The van der Waals surface area contributed by atoms with Gasteiger partial charge in [-0.1, -0.05) is 13.8 Å². The Morgan fingerprint density at radius 1 is 1.50 bits per heavy atom. The molecule has 20 heavy (non-hydrogen) atoms. The van der Waals surface area contributed by atoms with Crippen molar-refractivity contribution < 1.29 is 13.7 Å². The van der Waals surface area contributed by atoms with Gasteiger partial charge in [0.1, 0.15) is 5.25 Å². The third-order valence-electron chi connectivity index (χ3n) is 3.93. The highest BCUT2D eigenvalue weighted by Crippen LogP contribution is 2.44. The van der Waals surface area contributed by atoms with Crippen LogP contribution in [0.1, 0.15) is 32.3 Å². The Balaban J connectivity index is 2.10. The minimum absolute atomic E-state index is 0.0546. The van der Waals surface area contributed by atoms with Crippen LogP contribution < -0.4 is 10.6 Å². The summed E-state index contributed by atoms with van der Waals surface area (Å²) < 4.78 is 26.4. The molecule has 0 aromatic heterocycles. The number of urea groups is 1. The molecular weight excluding hydrogens is 279 g/mol. The maximum Gasteiger partial charge on any atom is 0.319 e. The van der Waals surface area contributed by atoms with Crippen LogP contribution in [0.25, 0.3) is 0 Å². The van der Waals surface area contributed by atoms with Gasteiger partial charge >= 0.3 is 6.03 Å². The number of hydrogen-bond acceptors (Lipinski definition) is 2. The van der Waals surface area contributed by atoms with Crippen LogP contribution in [0.3, 0.4) is 0 Å². The van der Waals surface area contributed by atoms with Crippen molar-refractivity contribution in [3.63, 3.8) is 0 Å². The fraction of sp³-hybridized carbons (Fsp3) is 0.500. The monoisotopic (exact) mass is 296 g/mol. The van der Waals surface area contributed by atoms with E-state index in [-0.39, 0.29) is 15.6 Å². The molecule has 2 N–H and O–H groups in total. The molecule has 0 spiro atoms. The molecule has 1 saturated carbocycles. The minimum atomic E-state index is -1.33. The van der Waals surface area contributed by atoms with E-state index in [1.807, 2.05) is 13.8 Å². The molecule has 0 saturated heterocycles. The predicted molar refractivity (Wildman–Crippen MR) is 75.8 cm³/mol. The Hall–Kier alpha value is -1.27. The second-order valence-corrected chi connectivity index (χ2v) is 7.81. The summed E-state index contributed by atoms with van der Waals surface area (Å²) in [6.07, 6.45) is 1.74. The number of rotatable bonds is 2. The van der Waals surface area contributed by atoms with Gasteiger partial charge < -0.3 is 10.3 Å². The molecule has 4 nitrogen and oxygen atoms in total.